The fraction of sp³-hybridized carbons (Fsp3) is 0.400. The average molecular weight is 262 g/mol. The van der Waals surface area contributed by atoms with Gasteiger partial charge in [0.2, 0.25) is 0 Å². The Hall–Kier alpha value is -1.84. The Morgan fingerprint density at radius 3 is 2.79 bits per heavy atom. The van der Waals surface area contributed by atoms with Gasteiger partial charge in [0, 0.05) is 11.9 Å². The van der Waals surface area contributed by atoms with Gasteiger partial charge in [-0.05, 0) is 37.0 Å². The Kier molecular flexibility index (Phi) is 4.95. The molecule has 0 radical (unpaired) electrons. The number of carbonyl (C=O) groups excluding carboxylic acids is 1. The van der Waals surface area contributed by atoms with Gasteiger partial charge in [0.25, 0.3) is 0 Å². The lowest BCUT2D eigenvalue weighted by Gasteiger charge is -2.17. The number of urea groups is 1. The molecule has 2 amide bonds. The Morgan fingerprint density at radius 1 is 1.26 bits per heavy atom. The van der Waals surface area contributed by atoms with E-state index < -0.39 is 0 Å². The highest BCUT2D eigenvalue weighted by atomic mass is 19.1. The predicted octanol–water partition coefficient (Wildman–Crippen LogP) is 4.04. The van der Waals surface area contributed by atoms with E-state index in [0.29, 0.717) is 11.6 Å². The fourth-order valence-corrected chi connectivity index (χ4v) is 2.32. The minimum atomic E-state index is -0.365. The topological polar surface area (TPSA) is 41.1 Å². The lowest BCUT2D eigenvalue weighted by atomic mass is 9.89. The van der Waals surface area contributed by atoms with Crippen LogP contribution in [0.3, 0.4) is 0 Å². The van der Waals surface area contributed by atoms with Gasteiger partial charge in [-0.3, -0.25) is 0 Å². The van der Waals surface area contributed by atoms with Gasteiger partial charge >= 0.3 is 6.03 Å². The van der Waals surface area contributed by atoms with Crippen LogP contribution in [0.5, 0.6) is 0 Å². The zero-order valence-corrected chi connectivity index (χ0v) is 10.9. The number of anilines is 1. The second kappa shape index (κ2) is 6.92. The van der Waals surface area contributed by atoms with E-state index in [0.717, 1.165) is 0 Å². The second-order valence-corrected chi connectivity index (χ2v) is 4.87. The number of nitrogens with one attached hydrogen (secondary N) is 2. The van der Waals surface area contributed by atoms with E-state index in [1.807, 2.05) is 6.08 Å². The van der Waals surface area contributed by atoms with Crippen molar-refractivity contribution >= 4 is 11.7 Å². The summed E-state index contributed by atoms with van der Waals surface area (Å²) >= 11 is 0. The minimum Gasteiger partial charge on any atom is -0.315 e. The highest BCUT2D eigenvalue weighted by Gasteiger charge is 2.09. The van der Waals surface area contributed by atoms with E-state index in [2.05, 4.69) is 10.6 Å². The number of halogens is 1. The lowest BCUT2D eigenvalue weighted by molar-refractivity contribution is 0.255. The maximum atomic E-state index is 12.9. The zero-order valence-electron chi connectivity index (χ0n) is 10.9. The van der Waals surface area contributed by atoms with Crippen molar-refractivity contribution in [2.24, 2.45) is 5.92 Å². The lowest BCUT2D eigenvalue weighted by Crippen LogP contribution is -2.24. The van der Waals surface area contributed by atoms with Crippen LogP contribution in [0.2, 0.25) is 0 Å². The van der Waals surface area contributed by atoms with Crippen LogP contribution in [0.1, 0.15) is 32.1 Å². The Labute approximate surface area is 112 Å². The molecule has 0 aliphatic heterocycles. The molecule has 1 aromatic carbocycles. The molecule has 0 heterocycles. The van der Waals surface area contributed by atoms with Gasteiger partial charge in [0.05, 0.1) is 0 Å². The van der Waals surface area contributed by atoms with Gasteiger partial charge in [-0.2, -0.15) is 0 Å². The molecule has 4 heteroatoms. The van der Waals surface area contributed by atoms with Crippen molar-refractivity contribution in [1.29, 1.82) is 0 Å². The first-order chi connectivity index (χ1) is 9.24. The van der Waals surface area contributed by atoms with Gasteiger partial charge in [-0.1, -0.05) is 31.4 Å². The van der Waals surface area contributed by atoms with Crippen molar-refractivity contribution in [3.8, 4) is 0 Å². The minimum absolute atomic E-state index is 0.349. The number of rotatable bonds is 3. The van der Waals surface area contributed by atoms with E-state index in [9.17, 15) is 9.18 Å². The number of amides is 2. The summed E-state index contributed by atoms with van der Waals surface area (Å²) < 4.78 is 12.9. The highest BCUT2D eigenvalue weighted by molar-refractivity contribution is 5.89. The molecule has 1 aromatic rings. The summed E-state index contributed by atoms with van der Waals surface area (Å²) in [5, 5.41) is 5.22. The number of hydrogen-bond donors (Lipinski definition) is 2. The molecule has 0 saturated heterocycles. The summed E-state index contributed by atoms with van der Waals surface area (Å²) in [6.07, 6.45) is 9.98. The predicted molar refractivity (Wildman–Crippen MR) is 74.3 cm³/mol. The van der Waals surface area contributed by atoms with Crippen molar-refractivity contribution in [1.82, 2.24) is 5.32 Å². The Morgan fingerprint density at radius 2 is 2.05 bits per heavy atom. The molecule has 1 aliphatic carbocycles. The summed E-state index contributed by atoms with van der Waals surface area (Å²) in [5.41, 5.74) is 0.448. The molecule has 0 aromatic heterocycles. The molecular formula is C15H19FN2O. The molecule has 0 unspecified atom stereocenters. The van der Waals surface area contributed by atoms with Crippen molar-refractivity contribution < 1.29 is 9.18 Å². The molecule has 1 saturated carbocycles. The molecule has 2 rings (SSSR count). The van der Waals surface area contributed by atoms with E-state index >= 15 is 0 Å². The first-order valence-electron chi connectivity index (χ1n) is 6.74. The monoisotopic (exact) mass is 262 g/mol. The van der Waals surface area contributed by atoms with Crippen LogP contribution in [0.15, 0.2) is 36.5 Å². The van der Waals surface area contributed by atoms with E-state index in [1.165, 1.54) is 44.2 Å². The van der Waals surface area contributed by atoms with E-state index in [4.69, 9.17) is 0 Å². The smallest absolute Gasteiger partial charge is 0.315 e. The average Bonchev–Trinajstić information content (AvgIpc) is 2.40. The van der Waals surface area contributed by atoms with Crippen LogP contribution in [0.25, 0.3) is 0 Å². The van der Waals surface area contributed by atoms with Gasteiger partial charge in [-0.15, -0.1) is 0 Å². The first kappa shape index (κ1) is 13.6. The van der Waals surface area contributed by atoms with Gasteiger partial charge in [0.1, 0.15) is 5.82 Å². The first-order valence-corrected chi connectivity index (χ1v) is 6.74. The fourth-order valence-electron chi connectivity index (χ4n) is 2.32. The molecule has 0 atom stereocenters. The maximum absolute atomic E-state index is 12.9. The largest absolute Gasteiger partial charge is 0.323 e. The molecular weight excluding hydrogens is 243 g/mol. The van der Waals surface area contributed by atoms with Gasteiger partial charge in [-0.25, -0.2) is 9.18 Å². The molecule has 0 spiro atoms. The summed E-state index contributed by atoms with van der Waals surface area (Å²) in [7, 11) is 0. The molecule has 19 heavy (non-hydrogen) atoms. The molecule has 1 aliphatic rings. The molecule has 102 valence electrons. The van der Waals surface area contributed by atoms with Gasteiger partial charge < -0.3 is 10.6 Å². The highest BCUT2D eigenvalue weighted by Crippen LogP contribution is 2.24. The van der Waals surface area contributed by atoms with Crippen molar-refractivity contribution in [3.63, 3.8) is 0 Å². The van der Waals surface area contributed by atoms with Crippen LogP contribution in [0.4, 0.5) is 14.9 Å². The SMILES string of the molecule is O=C(N/C=C/C1CCCCC1)Nc1cccc(F)c1. The molecule has 0 bridgehead atoms. The number of carbonyl (C=O) groups is 1. The van der Waals surface area contributed by atoms with Crippen molar-refractivity contribution in [2.75, 3.05) is 5.32 Å². The standard InChI is InChI=1S/C15H19FN2O/c16-13-7-4-8-14(11-13)18-15(19)17-10-9-12-5-2-1-3-6-12/h4,7-12H,1-3,5-6H2,(H2,17,18,19)/b10-9+. The van der Waals surface area contributed by atoms with E-state index in [1.54, 1.807) is 18.3 Å². The number of allylic oxidation sites excluding steroid dienone is 1. The van der Waals surface area contributed by atoms with Crippen molar-refractivity contribution in [2.45, 2.75) is 32.1 Å². The Bertz CT molecular complexity index is 453. The van der Waals surface area contributed by atoms with Crippen LogP contribution in [-0.2, 0) is 0 Å². The van der Waals surface area contributed by atoms with Crippen LogP contribution >= 0.6 is 0 Å². The Balaban J connectivity index is 1.76. The summed E-state index contributed by atoms with van der Waals surface area (Å²) in [6.45, 7) is 0. The summed E-state index contributed by atoms with van der Waals surface area (Å²) in [4.78, 5) is 11.6. The van der Waals surface area contributed by atoms with Gasteiger partial charge in [0.15, 0.2) is 0 Å². The summed E-state index contributed by atoms with van der Waals surface area (Å²) in [6, 6.07) is 5.48. The third-order valence-corrected chi connectivity index (χ3v) is 3.32. The molecule has 2 N–H and O–H groups in total. The number of benzene rings is 1. The van der Waals surface area contributed by atoms with Crippen LogP contribution in [0, 0.1) is 11.7 Å². The van der Waals surface area contributed by atoms with Crippen LogP contribution < -0.4 is 10.6 Å². The van der Waals surface area contributed by atoms with E-state index in [-0.39, 0.29) is 11.8 Å². The third kappa shape index (κ3) is 4.73. The maximum Gasteiger partial charge on any atom is 0.323 e. The summed E-state index contributed by atoms with van der Waals surface area (Å²) in [5.74, 6) is 0.207. The second-order valence-electron chi connectivity index (χ2n) is 4.87. The zero-order chi connectivity index (χ0) is 13.5. The quantitative estimate of drug-likeness (QED) is 0.848. The number of hydrogen-bond acceptors (Lipinski definition) is 1. The normalized spacial score (nSPS) is 16.5. The molecule has 3 nitrogen and oxygen atoms in total. The third-order valence-electron chi connectivity index (χ3n) is 3.32. The van der Waals surface area contributed by atoms with Crippen LogP contribution in [-0.4, -0.2) is 6.03 Å². The molecule has 1 fully saturated rings. The van der Waals surface area contributed by atoms with Crippen molar-refractivity contribution in [3.05, 3.63) is 42.4 Å².